The van der Waals surface area contributed by atoms with Gasteiger partial charge in [-0.15, -0.1) is 0 Å². The second-order valence-corrected chi connectivity index (χ2v) is 11.1. The Morgan fingerprint density at radius 2 is 2.00 bits per heavy atom. The van der Waals surface area contributed by atoms with Crippen molar-refractivity contribution in [1.29, 1.82) is 0 Å². The van der Waals surface area contributed by atoms with Crippen molar-refractivity contribution in [2.24, 2.45) is 28.6 Å². The Kier molecular flexibility index (Phi) is 4.31. The summed E-state index contributed by atoms with van der Waals surface area (Å²) in [6.07, 6.45) is 4.76. The standard InChI is InChI=1S/C28H40O5/c1-18(29)28(33-25-7-5-6-16-31-25)15-12-24-22-9-8-20-17-21(32-19(2)30)10-13-26(20,3)23(22)11-14-27(24,28)4/h8,17,22-25H,5-7,9-16H2,1-4H3/t22-,23+,24+,25?,26+,27+,28+/m1/s1/i1D3,10D2,17D. The molecular weight excluding hydrogens is 416 g/mol. The Bertz CT molecular complexity index is 1110. The van der Waals surface area contributed by atoms with Gasteiger partial charge in [-0.1, -0.05) is 19.9 Å². The zero-order valence-corrected chi connectivity index (χ0v) is 20.0. The van der Waals surface area contributed by atoms with E-state index in [1.54, 1.807) is 0 Å². The van der Waals surface area contributed by atoms with E-state index in [0.29, 0.717) is 50.7 Å². The van der Waals surface area contributed by atoms with Crippen LogP contribution in [0.3, 0.4) is 0 Å². The summed E-state index contributed by atoms with van der Waals surface area (Å²) in [7, 11) is 0. The van der Waals surface area contributed by atoms with Crippen LogP contribution in [-0.2, 0) is 23.8 Å². The number of carbonyl (C=O) groups excluding carboxylic acids is 2. The third-order valence-corrected chi connectivity index (χ3v) is 9.53. The van der Waals surface area contributed by atoms with Gasteiger partial charge in [-0.05, 0) is 99.4 Å². The van der Waals surface area contributed by atoms with Crippen LogP contribution in [0.15, 0.2) is 23.5 Å². The Morgan fingerprint density at radius 1 is 1.18 bits per heavy atom. The van der Waals surface area contributed by atoms with Crippen LogP contribution >= 0.6 is 0 Å². The summed E-state index contributed by atoms with van der Waals surface area (Å²) < 4.78 is 68.0. The van der Waals surface area contributed by atoms with Crippen LogP contribution in [0.4, 0.5) is 0 Å². The first-order valence-electron chi connectivity index (χ1n) is 15.5. The highest BCUT2D eigenvalue weighted by atomic mass is 16.7. The van der Waals surface area contributed by atoms with E-state index >= 15 is 0 Å². The van der Waals surface area contributed by atoms with Crippen LogP contribution in [0.25, 0.3) is 0 Å². The fraction of sp³-hybridized carbons (Fsp3) is 0.786. The van der Waals surface area contributed by atoms with Gasteiger partial charge in [0.1, 0.15) is 11.4 Å². The summed E-state index contributed by atoms with van der Waals surface area (Å²) in [6.45, 7) is 2.97. The van der Waals surface area contributed by atoms with Gasteiger partial charge in [0.25, 0.3) is 0 Å². The molecule has 0 N–H and O–H groups in total. The highest BCUT2D eigenvalue weighted by Gasteiger charge is 2.67. The molecule has 0 aromatic rings. The first-order chi connectivity index (χ1) is 18.1. The molecule has 3 fully saturated rings. The number of Topliss-reactive ketones (excluding diaryl/α,β-unsaturated/α-hetero) is 1. The minimum atomic E-state index is -2.80. The normalized spacial score (nSPS) is 49.5. The number of carbonyl (C=O) groups is 2. The van der Waals surface area contributed by atoms with Crippen molar-refractivity contribution in [2.75, 3.05) is 6.61 Å². The van der Waals surface area contributed by atoms with Crippen LogP contribution in [0.2, 0.25) is 0 Å². The minimum Gasteiger partial charge on any atom is -0.431 e. The molecule has 0 aromatic heterocycles. The van der Waals surface area contributed by atoms with Crippen LogP contribution < -0.4 is 0 Å². The zero-order valence-electron chi connectivity index (χ0n) is 26.0. The first kappa shape index (κ1) is 17.0. The molecule has 5 rings (SSSR count). The maximum atomic E-state index is 13.7. The van der Waals surface area contributed by atoms with E-state index < -0.39 is 47.7 Å². The van der Waals surface area contributed by atoms with Crippen molar-refractivity contribution in [3.63, 3.8) is 0 Å². The summed E-state index contributed by atoms with van der Waals surface area (Å²) in [5.74, 6) is -1.58. The smallest absolute Gasteiger partial charge is 0.307 e. The molecule has 182 valence electrons. The molecule has 33 heavy (non-hydrogen) atoms. The van der Waals surface area contributed by atoms with Gasteiger partial charge in [0, 0.05) is 32.2 Å². The molecule has 1 unspecified atom stereocenters. The molecule has 7 atom stereocenters. The van der Waals surface area contributed by atoms with E-state index in [4.69, 9.17) is 22.4 Å². The van der Waals surface area contributed by atoms with Gasteiger partial charge >= 0.3 is 5.97 Å². The maximum absolute atomic E-state index is 13.7. The average Bonchev–Trinajstić information content (AvgIpc) is 3.13. The molecule has 5 heteroatoms. The highest BCUT2D eigenvalue weighted by Crippen LogP contribution is 2.68. The lowest BCUT2D eigenvalue weighted by Gasteiger charge is -2.58. The molecule has 1 heterocycles. The number of esters is 1. The second-order valence-electron chi connectivity index (χ2n) is 11.1. The van der Waals surface area contributed by atoms with E-state index in [1.165, 1.54) is 6.92 Å². The number of hydrogen-bond acceptors (Lipinski definition) is 5. The van der Waals surface area contributed by atoms with Crippen LogP contribution in [-0.4, -0.2) is 30.3 Å². The number of hydrogen-bond donors (Lipinski definition) is 0. The lowest BCUT2D eigenvalue weighted by Crippen LogP contribution is -2.59. The van der Waals surface area contributed by atoms with E-state index in [0.717, 1.165) is 12.8 Å². The third-order valence-electron chi connectivity index (χ3n) is 9.53. The van der Waals surface area contributed by atoms with Gasteiger partial charge in [-0.3, -0.25) is 9.59 Å². The van der Waals surface area contributed by atoms with Crippen molar-refractivity contribution in [3.8, 4) is 0 Å². The summed E-state index contributed by atoms with van der Waals surface area (Å²) in [5, 5.41) is 0. The molecular formula is C28H40O5. The van der Waals surface area contributed by atoms with Crippen molar-refractivity contribution in [2.45, 2.75) is 104 Å². The lowest BCUT2D eigenvalue weighted by molar-refractivity contribution is -0.253. The molecule has 0 radical (unpaired) electrons. The van der Waals surface area contributed by atoms with Crippen molar-refractivity contribution < 1.29 is 32.0 Å². The van der Waals surface area contributed by atoms with E-state index in [9.17, 15) is 9.59 Å². The SMILES string of the molecule is [2H]C1=C(OC(C)=O)C([2H])([2H])C[C@@]2(C)C1=CC[C@@H]1[C@@H]2CC[C@@]2(C)[C@H]1CC[C@]2(OC1CCCCO1)C(=O)C([2H])([2H])[2H]. The zero-order chi connectivity index (χ0) is 28.6. The van der Waals surface area contributed by atoms with Gasteiger partial charge in [0.15, 0.2) is 12.1 Å². The number of rotatable bonds is 4. The Balaban J connectivity index is 1.53. The van der Waals surface area contributed by atoms with Crippen molar-refractivity contribution >= 4 is 11.8 Å². The molecule has 0 bridgehead atoms. The molecule has 4 aliphatic carbocycles. The van der Waals surface area contributed by atoms with Gasteiger partial charge in [-0.25, -0.2) is 0 Å². The van der Waals surface area contributed by atoms with E-state index in [2.05, 4.69) is 0 Å². The Morgan fingerprint density at radius 3 is 2.73 bits per heavy atom. The summed E-state index contributed by atoms with van der Waals surface area (Å²) in [4.78, 5) is 25.4. The molecule has 2 saturated carbocycles. The summed E-state index contributed by atoms with van der Waals surface area (Å²) >= 11 is 0. The van der Waals surface area contributed by atoms with Crippen molar-refractivity contribution in [3.05, 3.63) is 23.5 Å². The van der Waals surface area contributed by atoms with Gasteiger partial charge in [0.2, 0.25) is 0 Å². The largest absolute Gasteiger partial charge is 0.431 e. The van der Waals surface area contributed by atoms with Crippen LogP contribution in [0, 0.1) is 28.6 Å². The number of ketones is 1. The maximum Gasteiger partial charge on any atom is 0.307 e. The highest BCUT2D eigenvalue weighted by molar-refractivity contribution is 5.86. The van der Waals surface area contributed by atoms with Crippen LogP contribution in [0.5, 0.6) is 0 Å². The topological polar surface area (TPSA) is 61.8 Å². The van der Waals surface area contributed by atoms with Crippen molar-refractivity contribution in [1.82, 2.24) is 0 Å². The summed E-state index contributed by atoms with van der Waals surface area (Å²) in [6, 6.07) is -0.0492. The fourth-order valence-corrected chi connectivity index (χ4v) is 7.80. The molecule has 0 amide bonds. The molecule has 5 nitrogen and oxygen atoms in total. The number of fused-ring (bicyclic) bond motifs is 5. The minimum absolute atomic E-state index is 0.000312. The van der Waals surface area contributed by atoms with Crippen LogP contribution in [0.1, 0.15) is 100 Å². The van der Waals surface area contributed by atoms with Gasteiger partial charge < -0.3 is 14.2 Å². The predicted octanol–water partition coefficient (Wildman–Crippen LogP) is 5.88. The Labute approximate surface area is 206 Å². The average molecular weight is 463 g/mol. The first-order valence-corrected chi connectivity index (χ1v) is 12.5. The summed E-state index contributed by atoms with van der Waals surface area (Å²) in [5.41, 5.74) is -2.11. The molecule has 5 aliphatic rings. The molecule has 1 aliphatic heterocycles. The predicted molar refractivity (Wildman–Crippen MR) is 125 cm³/mol. The Hall–Kier alpha value is -1.46. The molecule has 0 spiro atoms. The molecule has 1 saturated heterocycles. The number of allylic oxidation sites excluding steroid dienone is 4. The fourth-order valence-electron chi connectivity index (χ4n) is 7.80. The third kappa shape index (κ3) is 3.56. The quantitative estimate of drug-likeness (QED) is 0.489. The van der Waals surface area contributed by atoms with Gasteiger partial charge in [0.05, 0.1) is 1.37 Å². The van der Waals surface area contributed by atoms with E-state index in [-0.39, 0.29) is 36.0 Å². The lowest BCUT2D eigenvalue weighted by atomic mass is 9.47. The van der Waals surface area contributed by atoms with Gasteiger partial charge in [-0.2, -0.15) is 0 Å². The molecule has 0 aromatic carbocycles. The van der Waals surface area contributed by atoms with E-state index in [1.807, 2.05) is 19.9 Å². The number of ether oxygens (including phenoxy) is 3. The monoisotopic (exact) mass is 462 g/mol. The second kappa shape index (κ2) is 8.34.